The lowest BCUT2D eigenvalue weighted by atomic mass is 10.1. The molecule has 0 aliphatic carbocycles. The fraction of sp³-hybridized carbons (Fsp3) is 0.286. The van der Waals surface area contributed by atoms with Crippen LogP contribution in [0.25, 0.3) is 10.8 Å². The van der Waals surface area contributed by atoms with Gasteiger partial charge < -0.3 is 10.2 Å². The lowest BCUT2D eigenvalue weighted by Gasteiger charge is -2.11. The van der Waals surface area contributed by atoms with Gasteiger partial charge in [0.25, 0.3) is 5.56 Å². The number of hydrogen-bond acceptors (Lipinski definition) is 4. The first-order chi connectivity index (χ1) is 12.9. The molecule has 0 unspecified atom stereocenters. The second-order valence-corrected chi connectivity index (χ2v) is 6.92. The third kappa shape index (κ3) is 4.60. The number of carbonyl (C=O) groups excluding carboxylic acids is 1. The van der Waals surface area contributed by atoms with Crippen molar-refractivity contribution in [2.45, 2.75) is 26.6 Å². The van der Waals surface area contributed by atoms with E-state index in [1.807, 2.05) is 51.4 Å². The number of aryl methyl sites for hydroxylation is 1. The van der Waals surface area contributed by atoms with Crippen LogP contribution < -0.4 is 10.9 Å². The van der Waals surface area contributed by atoms with Crippen LogP contribution in [0.2, 0.25) is 0 Å². The number of hydrogen-bond donors (Lipinski definition) is 1. The maximum atomic E-state index is 12.5. The SMILES string of the molecule is Cc1nn(CC(=O)NCc2ccc(CN(C)C)cc2)c(=O)c2ccccc12. The topological polar surface area (TPSA) is 67.2 Å². The van der Waals surface area contributed by atoms with Gasteiger partial charge in [-0.2, -0.15) is 5.10 Å². The van der Waals surface area contributed by atoms with E-state index in [0.717, 1.165) is 23.2 Å². The van der Waals surface area contributed by atoms with Crippen molar-refractivity contribution < 1.29 is 4.79 Å². The average Bonchev–Trinajstić information content (AvgIpc) is 2.65. The normalized spacial score (nSPS) is 11.1. The fourth-order valence-corrected chi connectivity index (χ4v) is 3.03. The van der Waals surface area contributed by atoms with Gasteiger partial charge in [-0.1, -0.05) is 42.5 Å². The van der Waals surface area contributed by atoms with Crippen molar-refractivity contribution in [2.75, 3.05) is 14.1 Å². The maximum absolute atomic E-state index is 12.5. The predicted octanol–water partition coefficient (Wildman–Crippen LogP) is 2.08. The zero-order valence-electron chi connectivity index (χ0n) is 15.9. The van der Waals surface area contributed by atoms with Gasteiger partial charge in [-0.05, 0) is 38.2 Å². The minimum atomic E-state index is -0.251. The smallest absolute Gasteiger partial charge is 0.275 e. The number of rotatable bonds is 6. The Kier molecular flexibility index (Phi) is 5.66. The summed E-state index contributed by atoms with van der Waals surface area (Å²) < 4.78 is 1.23. The van der Waals surface area contributed by atoms with Crippen molar-refractivity contribution in [1.29, 1.82) is 0 Å². The number of nitrogens with zero attached hydrogens (tertiary/aromatic N) is 3. The molecule has 0 fully saturated rings. The minimum Gasteiger partial charge on any atom is -0.350 e. The van der Waals surface area contributed by atoms with E-state index >= 15 is 0 Å². The second kappa shape index (κ2) is 8.14. The van der Waals surface area contributed by atoms with Gasteiger partial charge in [0.15, 0.2) is 0 Å². The van der Waals surface area contributed by atoms with Crippen molar-refractivity contribution in [3.05, 3.63) is 75.7 Å². The molecule has 0 radical (unpaired) electrons. The summed E-state index contributed by atoms with van der Waals surface area (Å²) in [5.41, 5.74) is 2.71. The molecule has 27 heavy (non-hydrogen) atoms. The van der Waals surface area contributed by atoms with Gasteiger partial charge in [-0.25, -0.2) is 4.68 Å². The molecule has 0 spiro atoms. The molecule has 0 bridgehead atoms. The number of aromatic nitrogens is 2. The quantitative estimate of drug-likeness (QED) is 0.727. The summed E-state index contributed by atoms with van der Waals surface area (Å²) in [6, 6.07) is 15.4. The molecule has 140 valence electrons. The molecule has 1 heterocycles. The van der Waals surface area contributed by atoms with Crippen molar-refractivity contribution in [3.63, 3.8) is 0 Å². The van der Waals surface area contributed by atoms with Crippen LogP contribution in [0.4, 0.5) is 0 Å². The molecule has 0 atom stereocenters. The zero-order valence-corrected chi connectivity index (χ0v) is 15.9. The van der Waals surface area contributed by atoms with E-state index < -0.39 is 0 Å². The molecule has 0 aliphatic heterocycles. The van der Waals surface area contributed by atoms with E-state index in [2.05, 4.69) is 27.4 Å². The van der Waals surface area contributed by atoms with E-state index in [1.165, 1.54) is 10.2 Å². The van der Waals surface area contributed by atoms with Gasteiger partial charge >= 0.3 is 0 Å². The summed E-state index contributed by atoms with van der Waals surface area (Å²) in [6.07, 6.45) is 0. The number of amides is 1. The van der Waals surface area contributed by atoms with Crippen LogP contribution in [0.15, 0.2) is 53.3 Å². The summed E-state index contributed by atoms with van der Waals surface area (Å²) in [6.45, 7) is 3.04. The number of nitrogens with one attached hydrogen (secondary N) is 1. The molecule has 3 aromatic rings. The first-order valence-corrected chi connectivity index (χ1v) is 8.90. The summed E-state index contributed by atoms with van der Waals surface area (Å²) in [4.78, 5) is 26.9. The Morgan fingerprint density at radius 3 is 2.33 bits per heavy atom. The van der Waals surface area contributed by atoms with Crippen molar-refractivity contribution in [3.8, 4) is 0 Å². The highest BCUT2D eigenvalue weighted by molar-refractivity contribution is 5.83. The number of benzene rings is 2. The lowest BCUT2D eigenvalue weighted by molar-refractivity contribution is -0.122. The Hall–Kier alpha value is -2.99. The first-order valence-electron chi connectivity index (χ1n) is 8.90. The monoisotopic (exact) mass is 364 g/mol. The van der Waals surface area contributed by atoms with E-state index in [4.69, 9.17) is 0 Å². The van der Waals surface area contributed by atoms with Gasteiger partial charge in [-0.3, -0.25) is 9.59 Å². The van der Waals surface area contributed by atoms with Crippen LogP contribution in [0.5, 0.6) is 0 Å². The zero-order chi connectivity index (χ0) is 19.4. The van der Waals surface area contributed by atoms with Crippen molar-refractivity contribution in [2.24, 2.45) is 0 Å². The van der Waals surface area contributed by atoms with E-state index in [0.29, 0.717) is 11.9 Å². The highest BCUT2D eigenvalue weighted by atomic mass is 16.2. The average molecular weight is 364 g/mol. The Labute approximate surface area is 158 Å². The van der Waals surface area contributed by atoms with Crippen LogP contribution in [-0.2, 0) is 24.4 Å². The maximum Gasteiger partial charge on any atom is 0.275 e. The largest absolute Gasteiger partial charge is 0.350 e. The van der Waals surface area contributed by atoms with Gasteiger partial charge in [-0.15, -0.1) is 0 Å². The molecule has 0 aliphatic rings. The Balaban J connectivity index is 1.65. The third-order valence-electron chi connectivity index (χ3n) is 4.36. The summed E-state index contributed by atoms with van der Waals surface area (Å²) in [7, 11) is 4.05. The van der Waals surface area contributed by atoms with E-state index in [-0.39, 0.29) is 18.0 Å². The number of fused-ring (bicyclic) bond motifs is 1. The molecular formula is C21H24N4O2. The number of carbonyl (C=O) groups is 1. The second-order valence-electron chi connectivity index (χ2n) is 6.92. The van der Waals surface area contributed by atoms with Gasteiger partial charge in [0.05, 0.1) is 11.1 Å². The van der Waals surface area contributed by atoms with Crippen molar-refractivity contribution >= 4 is 16.7 Å². The molecule has 2 aromatic carbocycles. The standard InChI is InChI=1S/C21H24N4O2/c1-15-18-6-4-5-7-19(18)21(27)25(23-15)14-20(26)22-12-16-8-10-17(11-9-16)13-24(2)3/h4-11H,12-14H2,1-3H3,(H,22,26). The molecule has 1 amide bonds. The summed E-state index contributed by atoms with van der Waals surface area (Å²) >= 11 is 0. The van der Waals surface area contributed by atoms with Gasteiger partial charge in [0, 0.05) is 18.5 Å². The molecule has 1 aromatic heterocycles. The molecule has 6 heteroatoms. The van der Waals surface area contributed by atoms with Gasteiger partial charge in [0.1, 0.15) is 6.54 Å². The molecule has 0 saturated heterocycles. The Bertz CT molecular complexity index is 1010. The van der Waals surface area contributed by atoms with Crippen LogP contribution in [-0.4, -0.2) is 34.7 Å². The van der Waals surface area contributed by atoms with Gasteiger partial charge in [0.2, 0.25) is 5.91 Å². The first kappa shape index (κ1) is 18.8. The summed E-state index contributed by atoms with van der Waals surface area (Å²) in [5, 5.41) is 8.52. The van der Waals surface area contributed by atoms with Crippen LogP contribution >= 0.6 is 0 Å². The Morgan fingerprint density at radius 1 is 1.04 bits per heavy atom. The highest BCUT2D eigenvalue weighted by Gasteiger charge is 2.10. The molecular weight excluding hydrogens is 340 g/mol. The fourth-order valence-electron chi connectivity index (χ4n) is 3.03. The highest BCUT2D eigenvalue weighted by Crippen LogP contribution is 2.11. The molecule has 3 rings (SSSR count). The van der Waals surface area contributed by atoms with Crippen LogP contribution in [0.3, 0.4) is 0 Å². The lowest BCUT2D eigenvalue weighted by Crippen LogP contribution is -2.33. The van der Waals surface area contributed by atoms with Crippen LogP contribution in [0, 0.1) is 6.92 Å². The predicted molar refractivity (Wildman–Crippen MR) is 106 cm³/mol. The third-order valence-corrected chi connectivity index (χ3v) is 4.36. The van der Waals surface area contributed by atoms with Crippen molar-refractivity contribution in [1.82, 2.24) is 20.0 Å². The van der Waals surface area contributed by atoms with Crippen LogP contribution in [0.1, 0.15) is 16.8 Å². The molecule has 6 nitrogen and oxygen atoms in total. The van der Waals surface area contributed by atoms with E-state index in [1.54, 1.807) is 6.07 Å². The molecule has 0 saturated carbocycles. The molecule has 1 N–H and O–H groups in total. The summed E-state index contributed by atoms with van der Waals surface area (Å²) in [5.74, 6) is -0.239. The van der Waals surface area contributed by atoms with E-state index in [9.17, 15) is 9.59 Å². The Morgan fingerprint density at radius 2 is 1.67 bits per heavy atom. The minimum absolute atomic E-state index is 0.0940.